The van der Waals surface area contributed by atoms with Gasteiger partial charge in [-0.2, -0.15) is 0 Å². The quantitative estimate of drug-likeness (QED) is 0.332. The van der Waals surface area contributed by atoms with E-state index in [1.165, 1.54) is 25.3 Å². The molecule has 0 saturated heterocycles. The van der Waals surface area contributed by atoms with Gasteiger partial charge in [-0.25, -0.2) is 17.5 Å². The van der Waals surface area contributed by atoms with Crippen molar-refractivity contribution in [3.8, 4) is 17.2 Å². The summed E-state index contributed by atoms with van der Waals surface area (Å²) in [7, 11) is -1.41. The number of halogens is 1. The van der Waals surface area contributed by atoms with Crippen molar-refractivity contribution >= 4 is 26.8 Å². The first-order chi connectivity index (χ1) is 18.7. The number of amides is 1. The number of aromatic nitrogens is 1. The van der Waals surface area contributed by atoms with E-state index in [0.29, 0.717) is 46.7 Å². The number of carbonyl (C=O) groups excluding carboxylic acids is 1. The number of nitrogens with zero attached hydrogens (tertiary/aromatic N) is 1. The molecular weight excluding hydrogens is 527 g/mol. The second-order valence-electron chi connectivity index (χ2n) is 9.10. The average molecular weight is 555 g/mol. The van der Waals surface area contributed by atoms with Crippen LogP contribution in [0.25, 0.3) is 10.9 Å². The third-order valence-electron chi connectivity index (χ3n) is 6.56. The molecule has 1 amide bonds. The van der Waals surface area contributed by atoms with E-state index in [9.17, 15) is 17.6 Å². The number of fused-ring (bicyclic) bond motifs is 2. The Kier molecular flexibility index (Phi) is 7.19. The normalized spacial score (nSPS) is 13.4. The number of nitrogens with one attached hydrogen (secondary N) is 1. The Morgan fingerprint density at radius 3 is 2.64 bits per heavy atom. The van der Waals surface area contributed by atoms with Crippen LogP contribution in [-0.2, 0) is 26.1 Å². The smallest absolute Gasteiger partial charge is 0.267 e. The Morgan fingerprint density at radius 2 is 1.87 bits per heavy atom. The predicted octanol–water partition coefficient (Wildman–Crippen LogP) is 4.11. The van der Waals surface area contributed by atoms with Gasteiger partial charge in [-0.05, 0) is 66.1 Å². The zero-order chi connectivity index (χ0) is 27.7. The Hall–Kier alpha value is -4.09. The molecule has 39 heavy (non-hydrogen) atoms. The van der Waals surface area contributed by atoms with Crippen LogP contribution in [0, 0.1) is 12.7 Å². The molecule has 11 heteroatoms. The van der Waals surface area contributed by atoms with Crippen LogP contribution in [0.2, 0.25) is 0 Å². The first-order valence-electron chi connectivity index (χ1n) is 12.1. The molecule has 1 atom stereocenters. The molecule has 4 aromatic rings. The standard InChI is InChI=1S/C28H27FN2O7S/c1-17-4-9-26(25(12-17)36-3)39(33,34)30-28(32)27(18-5-8-23-24(13-18)38-16-37-23)21-15-31(10-11-35-2)22-14-19(29)6-7-20(21)22/h4-9,12-15,27H,10-11,16H2,1-3H3,(H,30,32). The monoisotopic (exact) mass is 554 g/mol. The Labute approximate surface area is 225 Å². The van der Waals surface area contributed by atoms with Gasteiger partial charge in [0.25, 0.3) is 10.0 Å². The first kappa shape index (κ1) is 26.5. The van der Waals surface area contributed by atoms with Gasteiger partial charge in [0.15, 0.2) is 11.5 Å². The third-order valence-corrected chi connectivity index (χ3v) is 7.94. The van der Waals surface area contributed by atoms with Gasteiger partial charge >= 0.3 is 0 Å². The number of hydrogen-bond acceptors (Lipinski definition) is 7. The van der Waals surface area contributed by atoms with E-state index in [4.69, 9.17) is 18.9 Å². The van der Waals surface area contributed by atoms with Crippen LogP contribution < -0.4 is 18.9 Å². The molecule has 1 aliphatic rings. The number of ether oxygens (including phenoxy) is 4. The SMILES string of the molecule is COCCn1cc(C(C(=O)NS(=O)(=O)c2ccc(C)cc2OC)c2ccc3c(c2)OCO3)c2ccc(F)cc21. The molecule has 0 spiro atoms. The summed E-state index contributed by atoms with van der Waals surface area (Å²) in [6, 6.07) is 13.8. The number of rotatable bonds is 9. The fraction of sp³-hybridized carbons (Fsp3) is 0.250. The fourth-order valence-electron chi connectivity index (χ4n) is 4.71. The second-order valence-corrected chi connectivity index (χ2v) is 10.8. The highest BCUT2D eigenvalue weighted by molar-refractivity contribution is 7.90. The molecule has 0 radical (unpaired) electrons. The Morgan fingerprint density at radius 1 is 1.08 bits per heavy atom. The van der Waals surface area contributed by atoms with E-state index in [2.05, 4.69) is 4.72 Å². The van der Waals surface area contributed by atoms with Crippen molar-refractivity contribution in [2.75, 3.05) is 27.6 Å². The lowest BCUT2D eigenvalue weighted by molar-refractivity contribution is -0.119. The molecular formula is C28H27FN2O7S. The van der Waals surface area contributed by atoms with E-state index < -0.39 is 27.7 Å². The van der Waals surface area contributed by atoms with Gasteiger partial charge < -0.3 is 23.5 Å². The van der Waals surface area contributed by atoms with E-state index in [0.717, 1.165) is 5.56 Å². The highest BCUT2D eigenvalue weighted by Gasteiger charge is 2.32. The fourth-order valence-corrected chi connectivity index (χ4v) is 5.85. The maximum atomic E-state index is 14.2. The lowest BCUT2D eigenvalue weighted by atomic mass is 9.90. The largest absolute Gasteiger partial charge is 0.495 e. The summed E-state index contributed by atoms with van der Waals surface area (Å²) in [6.45, 7) is 2.58. The molecule has 0 saturated carbocycles. The number of sulfonamides is 1. The van der Waals surface area contributed by atoms with Gasteiger partial charge in [-0.15, -0.1) is 0 Å². The van der Waals surface area contributed by atoms with Gasteiger partial charge in [0, 0.05) is 25.2 Å². The molecule has 1 unspecified atom stereocenters. The molecule has 3 aromatic carbocycles. The van der Waals surface area contributed by atoms with E-state index in [1.54, 1.807) is 61.2 Å². The van der Waals surface area contributed by atoms with Crippen molar-refractivity contribution in [1.82, 2.24) is 9.29 Å². The van der Waals surface area contributed by atoms with Crippen molar-refractivity contribution in [3.63, 3.8) is 0 Å². The van der Waals surface area contributed by atoms with Crippen molar-refractivity contribution in [2.24, 2.45) is 0 Å². The third kappa shape index (κ3) is 5.15. The lowest BCUT2D eigenvalue weighted by Crippen LogP contribution is -2.35. The predicted molar refractivity (Wildman–Crippen MR) is 141 cm³/mol. The van der Waals surface area contributed by atoms with Gasteiger partial charge in [-0.1, -0.05) is 12.1 Å². The van der Waals surface area contributed by atoms with Crippen molar-refractivity contribution in [2.45, 2.75) is 24.3 Å². The van der Waals surface area contributed by atoms with Crippen LogP contribution in [0.3, 0.4) is 0 Å². The molecule has 1 aromatic heterocycles. The Bertz CT molecular complexity index is 1670. The minimum absolute atomic E-state index is 0.0346. The Balaban J connectivity index is 1.63. The van der Waals surface area contributed by atoms with Crippen LogP contribution in [0.15, 0.2) is 65.7 Å². The number of benzene rings is 3. The second kappa shape index (κ2) is 10.6. The molecule has 0 fully saturated rings. The van der Waals surface area contributed by atoms with Crippen LogP contribution >= 0.6 is 0 Å². The van der Waals surface area contributed by atoms with Gasteiger partial charge in [0.1, 0.15) is 16.5 Å². The topological polar surface area (TPSA) is 105 Å². The highest BCUT2D eigenvalue weighted by atomic mass is 32.2. The molecule has 5 rings (SSSR count). The zero-order valence-corrected chi connectivity index (χ0v) is 22.4. The van der Waals surface area contributed by atoms with Crippen LogP contribution in [-0.4, -0.2) is 46.5 Å². The number of carbonyl (C=O) groups is 1. The molecule has 204 valence electrons. The summed E-state index contributed by atoms with van der Waals surface area (Å²) in [4.78, 5) is 13.8. The summed E-state index contributed by atoms with van der Waals surface area (Å²) < 4.78 is 66.5. The summed E-state index contributed by atoms with van der Waals surface area (Å²) in [5, 5.41) is 0.593. The summed E-state index contributed by atoms with van der Waals surface area (Å²) in [6.07, 6.45) is 1.72. The van der Waals surface area contributed by atoms with E-state index >= 15 is 0 Å². The molecule has 1 N–H and O–H groups in total. The van der Waals surface area contributed by atoms with Crippen LogP contribution in [0.4, 0.5) is 4.39 Å². The van der Waals surface area contributed by atoms with Gasteiger partial charge in [-0.3, -0.25) is 4.79 Å². The molecule has 0 bridgehead atoms. The number of aryl methyl sites for hydroxylation is 1. The minimum atomic E-state index is -4.33. The number of hydrogen-bond donors (Lipinski definition) is 1. The van der Waals surface area contributed by atoms with E-state index in [-0.39, 0.29) is 17.4 Å². The lowest BCUT2D eigenvalue weighted by Gasteiger charge is -2.19. The van der Waals surface area contributed by atoms with Gasteiger partial charge in [0.2, 0.25) is 12.7 Å². The zero-order valence-electron chi connectivity index (χ0n) is 21.6. The van der Waals surface area contributed by atoms with Crippen molar-refractivity contribution in [3.05, 3.63) is 83.3 Å². The van der Waals surface area contributed by atoms with Crippen LogP contribution in [0.1, 0.15) is 22.6 Å². The van der Waals surface area contributed by atoms with E-state index in [1.807, 2.05) is 0 Å². The molecule has 0 aliphatic carbocycles. The van der Waals surface area contributed by atoms with Crippen molar-refractivity contribution in [1.29, 1.82) is 0 Å². The van der Waals surface area contributed by atoms with Gasteiger partial charge in [0.05, 0.1) is 25.2 Å². The maximum Gasteiger partial charge on any atom is 0.267 e. The summed E-state index contributed by atoms with van der Waals surface area (Å²) in [5.41, 5.74) is 2.30. The highest BCUT2D eigenvalue weighted by Crippen LogP contribution is 2.39. The van der Waals surface area contributed by atoms with Crippen molar-refractivity contribution < 1.29 is 36.6 Å². The first-order valence-corrected chi connectivity index (χ1v) is 13.6. The summed E-state index contributed by atoms with van der Waals surface area (Å²) >= 11 is 0. The number of methoxy groups -OCH3 is 2. The average Bonchev–Trinajstić information content (AvgIpc) is 3.51. The summed E-state index contributed by atoms with van der Waals surface area (Å²) in [5.74, 6) is -1.28. The molecule has 9 nitrogen and oxygen atoms in total. The minimum Gasteiger partial charge on any atom is -0.495 e. The molecule has 2 heterocycles. The van der Waals surface area contributed by atoms with Crippen LogP contribution in [0.5, 0.6) is 17.2 Å². The molecule has 1 aliphatic heterocycles. The maximum absolute atomic E-state index is 14.2.